The zero-order valence-corrected chi connectivity index (χ0v) is 17.2. The molecule has 0 aromatic carbocycles. The predicted octanol–water partition coefficient (Wildman–Crippen LogP) is 1.22. The van der Waals surface area contributed by atoms with Gasteiger partial charge in [0.15, 0.2) is 0 Å². The molecule has 1 saturated heterocycles. The van der Waals surface area contributed by atoms with Crippen molar-refractivity contribution in [2.45, 2.75) is 24.9 Å². The van der Waals surface area contributed by atoms with Crippen molar-refractivity contribution in [1.29, 1.82) is 0 Å². The van der Waals surface area contributed by atoms with Gasteiger partial charge in [0.05, 0.1) is 5.69 Å². The topological polar surface area (TPSA) is 72.2 Å². The highest BCUT2D eigenvalue weighted by molar-refractivity contribution is 7.98. The van der Waals surface area contributed by atoms with Gasteiger partial charge in [-0.3, -0.25) is 23.7 Å². The van der Waals surface area contributed by atoms with Crippen molar-refractivity contribution < 1.29 is 4.79 Å². The molecule has 0 unspecified atom stereocenters. The number of hydrogen-bond acceptors (Lipinski definition) is 5. The Hall–Kier alpha value is -2.06. The summed E-state index contributed by atoms with van der Waals surface area (Å²) < 4.78 is 3.66. The predicted molar refractivity (Wildman–Crippen MR) is 110 cm³/mol. The second-order valence-electron chi connectivity index (χ2n) is 7.72. The first-order chi connectivity index (χ1) is 13.6. The number of rotatable bonds is 6. The number of carbonyl (C=O) groups excluding carboxylic acids is 1. The molecule has 1 fully saturated rings. The van der Waals surface area contributed by atoms with E-state index < -0.39 is 6.04 Å². The lowest BCUT2D eigenvalue weighted by Crippen LogP contribution is -2.53. The summed E-state index contributed by atoms with van der Waals surface area (Å²) in [5.74, 6) is 1.24. The van der Waals surface area contributed by atoms with Gasteiger partial charge in [0.2, 0.25) is 5.91 Å². The molecule has 7 nitrogen and oxygen atoms in total. The molecule has 4 heterocycles. The van der Waals surface area contributed by atoms with Crippen molar-refractivity contribution in [3.8, 4) is 0 Å². The second kappa shape index (κ2) is 8.13. The van der Waals surface area contributed by atoms with Gasteiger partial charge in [0.25, 0.3) is 5.56 Å². The third kappa shape index (κ3) is 3.63. The zero-order chi connectivity index (χ0) is 19.7. The van der Waals surface area contributed by atoms with Crippen molar-refractivity contribution in [1.82, 2.24) is 24.6 Å². The quantitative estimate of drug-likeness (QED) is 0.737. The lowest BCUT2D eigenvalue weighted by molar-refractivity contribution is -0.127. The number of thioether (sulfide) groups is 1. The molecule has 0 radical (unpaired) electrons. The molecule has 0 spiro atoms. The average Bonchev–Trinajstić information content (AvgIpc) is 3.07. The van der Waals surface area contributed by atoms with E-state index in [1.54, 1.807) is 22.4 Å². The van der Waals surface area contributed by atoms with E-state index in [1.807, 2.05) is 42.4 Å². The number of pyridine rings is 1. The lowest BCUT2D eigenvalue weighted by atomic mass is 9.78. The highest BCUT2D eigenvalue weighted by Gasteiger charge is 2.43. The summed E-state index contributed by atoms with van der Waals surface area (Å²) in [7, 11) is 1.96. The number of aromatic nitrogens is 3. The summed E-state index contributed by atoms with van der Waals surface area (Å²) in [6.45, 7) is 3.14. The van der Waals surface area contributed by atoms with Crippen LogP contribution in [0, 0.1) is 5.92 Å². The molecule has 0 saturated carbocycles. The minimum atomic E-state index is -0.434. The van der Waals surface area contributed by atoms with Crippen LogP contribution < -0.4 is 10.9 Å². The van der Waals surface area contributed by atoms with Crippen LogP contribution in [0.5, 0.6) is 0 Å². The monoisotopic (exact) mass is 401 g/mol. The molecular weight excluding hydrogens is 374 g/mol. The molecular formula is C20H27N5O2S. The smallest absolute Gasteiger partial charge is 0.251 e. The van der Waals surface area contributed by atoms with E-state index in [4.69, 9.17) is 0 Å². The first-order valence-electron chi connectivity index (χ1n) is 9.76. The average molecular weight is 402 g/mol. The van der Waals surface area contributed by atoms with E-state index in [0.717, 1.165) is 43.2 Å². The number of nitrogens with one attached hydrogen (secondary N) is 1. The number of carbonyl (C=O) groups is 1. The Labute approximate surface area is 169 Å². The van der Waals surface area contributed by atoms with Gasteiger partial charge in [-0.1, -0.05) is 6.07 Å². The van der Waals surface area contributed by atoms with Gasteiger partial charge in [-0.2, -0.15) is 16.9 Å². The first kappa shape index (κ1) is 19.3. The summed E-state index contributed by atoms with van der Waals surface area (Å²) in [5.41, 5.74) is 2.08. The maximum Gasteiger partial charge on any atom is 0.251 e. The van der Waals surface area contributed by atoms with Gasteiger partial charge in [-0.15, -0.1) is 0 Å². The number of nitrogens with zero attached hydrogens (tertiary/aromatic N) is 4. The highest BCUT2D eigenvalue weighted by Crippen LogP contribution is 2.41. The molecule has 3 atom stereocenters. The molecule has 4 rings (SSSR count). The maximum atomic E-state index is 13.1. The van der Waals surface area contributed by atoms with Gasteiger partial charge in [-0.25, -0.2) is 0 Å². The van der Waals surface area contributed by atoms with Crippen LogP contribution in [-0.4, -0.2) is 56.8 Å². The molecule has 1 N–H and O–H groups in total. The van der Waals surface area contributed by atoms with E-state index in [-0.39, 0.29) is 23.3 Å². The van der Waals surface area contributed by atoms with Gasteiger partial charge < -0.3 is 5.32 Å². The van der Waals surface area contributed by atoms with Crippen molar-refractivity contribution in [3.63, 3.8) is 0 Å². The van der Waals surface area contributed by atoms with Gasteiger partial charge in [-0.05, 0) is 24.8 Å². The number of likely N-dealkylation sites (tertiary alicyclic amines) is 1. The number of amides is 1. The molecule has 2 aromatic rings. The van der Waals surface area contributed by atoms with E-state index in [9.17, 15) is 9.59 Å². The molecule has 0 aliphatic carbocycles. The Bertz CT molecular complexity index is 908. The fourth-order valence-corrected chi connectivity index (χ4v) is 4.97. The van der Waals surface area contributed by atoms with Gasteiger partial charge >= 0.3 is 0 Å². The first-order valence-corrected chi connectivity index (χ1v) is 11.1. The van der Waals surface area contributed by atoms with Crippen LogP contribution in [0.15, 0.2) is 35.3 Å². The normalized spacial score (nSPS) is 24.0. The zero-order valence-electron chi connectivity index (χ0n) is 16.4. The van der Waals surface area contributed by atoms with Crippen LogP contribution in [0.4, 0.5) is 0 Å². The molecule has 150 valence electrons. The van der Waals surface area contributed by atoms with E-state index in [2.05, 4.69) is 15.3 Å². The summed E-state index contributed by atoms with van der Waals surface area (Å²) in [4.78, 5) is 28.1. The number of hydrogen-bond donors (Lipinski definition) is 1. The fraction of sp³-hybridized carbons (Fsp3) is 0.550. The summed E-state index contributed by atoms with van der Waals surface area (Å²) in [6.07, 6.45) is 4.79. The van der Waals surface area contributed by atoms with Crippen LogP contribution in [0.2, 0.25) is 0 Å². The highest BCUT2D eigenvalue weighted by atomic mass is 32.2. The fourth-order valence-electron chi connectivity index (χ4n) is 4.66. The molecule has 1 amide bonds. The van der Waals surface area contributed by atoms with Crippen LogP contribution in [0.3, 0.4) is 0 Å². The Morgan fingerprint density at radius 2 is 2.18 bits per heavy atom. The summed E-state index contributed by atoms with van der Waals surface area (Å²) in [6, 6.07) is 7.00. The van der Waals surface area contributed by atoms with E-state index in [1.165, 1.54) is 0 Å². The van der Waals surface area contributed by atoms with Crippen molar-refractivity contribution in [2.75, 3.05) is 31.6 Å². The third-order valence-corrected chi connectivity index (χ3v) is 6.52. The van der Waals surface area contributed by atoms with Crippen LogP contribution >= 0.6 is 11.8 Å². The molecule has 2 aliphatic rings. The SMILES string of the molecule is CSCCNC(=O)[C@H]1[C@@H]2C[C@@H](CN(Cc3ccnn3C)C2)c2cccc(=O)n21. The minimum Gasteiger partial charge on any atom is -0.353 e. The molecule has 2 aromatic heterocycles. The van der Waals surface area contributed by atoms with Crippen molar-refractivity contribution >= 4 is 17.7 Å². The number of aryl methyl sites for hydroxylation is 1. The standard InChI is InChI=1S/C20H27N5O2S/c1-23-16(6-7-22-23)13-24-11-14-10-15(12-24)19(20(27)21-8-9-28-2)25-17(14)4-3-5-18(25)26/h3-7,14-15,19H,8-13H2,1-2H3,(H,21,27)/t14-,15+,19+/m0/s1. The summed E-state index contributed by atoms with van der Waals surface area (Å²) >= 11 is 1.70. The second-order valence-corrected chi connectivity index (χ2v) is 8.71. The van der Waals surface area contributed by atoms with Crippen LogP contribution in [-0.2, 0) is 18.4 Å². The lowest BCUT2D eigenvalue weighted by Gasteiger charge is -2.46. The van der Waals surface area contributed by atoms with Gasteiger partial charge in [0, 0.05) is 68.8 Å². The summed E-state index contributed by atoms with van der Waals surface area (Å²) in [5, 5.41) is 7.31. The number of fused-ring (bicyclic) bond motifs is 4. The Kier molecular flexibility index (Phi) is 5.59. The molecule has 2 bridgehead atoms. The van der Waals surface area contributed by atoms with Gasteiger partial charge in [0.1, 0.15) is 6.04 Å². The van der Waals surface area contributed by atoms with E-state index in [0.29, 0.717) is 6.54 Å². The van der Waals surface area contributed by atoms with Crippen molar-refractivity contribution in [3.05, 3.63) is 52.2 Å². The maximum absolute atomic E-state index is 13.1. The Morgan fingerprint density at radius 3 is 2.93 bits per heavy atom. The number of piperidine rings is 1. The van der Waals surface area contributed by atoms with Crippen LogP contribution in [0.25, 0.3) is 0 Å². The Morgan fingerprint density at radius 1 is 1.32 bits per heavy atom. The third-order valence-electron chi connectivity index (χ3n) is 5.91. The molecule has 28 heavy (non-hydrogen) atoms. The Balaban J connectivity index is 1.63. The van der Waals surface area contributed by atoms with Crippen molar-refractivity contribution in [2.24, 2.45) is 13.0 Å². The minimum absolute atomic E-state index is 0.0329. The van der Waals surface area contributed by atoms with E-state index >= 15 is 0 Å². The van der Waals surface area contributed by atoms with Crippen LogP contribution in [0.1, 0.15) is 29.8 Å². The largest absolute Gasteiger partial charge is 0.353 e. The molecule has 2 aliphatic heterocycles. The molecule has 8 heteroatoms.